The van der Waals surface area contributed by atoms with Gasteiger partial charge in [-0.3, -0.25) is 5.41 Å². The Morgan fingerprint density at radius 3 is 2.80 bits per heavy atom. The first-order valence-electron chi connectivity index (χ1n) is 4.45. The molecule has 0 aliphatic rings. The summed E-state index contributed by atoms with van der Waals surface area (Å²) in [5, 5.41) is 16.8. The van der Waals surface area contributed by atoms with Crippen molar-refractivity contribution in [1.82, 2.24) is 0 Å². The predicted octanol–water partition coefficient (Wildman–Crippen LogP) is 0.701. The van der Waals surface area contributed by atoms with E-state index >= 15 is 0 Å². The molecule has 1 aromatic carbocycles. The number of methoxy groups -OCH3 is 1. The van der Waals surface area contributed by atoms with Gasteiger partial charge in [0.1, 0.15) is 12.4 Å². The zero-order chi connectivity index (χ0) is 11.3. The van der Waals surface area contributed by atoms with E-state index in [1.165, 1.54) is 6.07 Å². The summed E-state index contributed by atoms with van der Waals surface area (Å²) in [7, 11) is 1.56. The lowest BCUT2D eigenvalue weighted by atomic mass is 10.1. The summed E-state index contributed by atoms with van der Waals surface area (Å²) in [4.78, 5) is 0. The predicted molar refractivity (Wildman–Crippen MR) is 56.5 cm³/mol. The zero-order valence-corrected chi connectivity index (χ0v) is 8.49. The summed E-state index contributed by atoms with van der Waals surface area (Å²) in [6, 6.07) is 4.70. The Morgan fingerprint density at radius 2 is 2.20 bits per heavy atom. The monoisotopic (exact) mass is 210 g/mol. The van der Waals surface area contributed by atoms with Crippen molar-refractivity contribution in [2.45, 2.75) is 0 Å². The van der Waals surface area contributed by atoms with Crippen LogP contribution >= 0.6 is 0 Å². The van der Waals surface area contributed by atoms with Crippen molar-refractivity contribution in [2.75, 3.05) is 20.3 Å². The Hall–Kier alpha value is -1.75. The number of phenols is 1. The van der Waals surface area contributed by atoms with Gasteiger partial charge < -0.3 is 20.3 Å². The molecule has 4 N–H and O–H groups in total. The molecule has 0 spiro atoms. The maximum absolute atomic E-state index is 9.52. The number of nitrogen functional groups attached to an aromatic ring is 1. The fraction of sp³-hybridized carbons (Fsp3) is 0.300. The Kier molecular flexibility index (Phi) is 3.93. The number of nitrogens with one attached hydrogen (secondary N) is 1. The van der Waals surface area contributed by atoms with Crippen molar-refractivity contribution in [3.8, 4) is 11.5 Å². The van der Waals surface area contributed by atoms with E-state index in [9.17, 15) is 5.11 Å². The van der Waals surface area contributed by atoms with E-state index in [1.54, 1.807) is 19.2 Å². The van der Waals surface area contributed by atoms with Crippen molar-refractivity contribution >= 4 is 5.84 Å². The van der Waals surface area contributed by atoms with Crippen LogP contribution in [0.5, 0.6) is 11.5 Å². The summed E-state index contributed by atoms with van der Waals surface area (Å²) in [5.41, 5.74) is 5.73. The minimum absolute atomic E-state index is 0.0289. The number of hydrogen-bond donors (Lipinski definition) is 3. The molecule has 1 rings (SSSR count). The van der Waals surface area contributed by atoms with Crippen molar-refractivity contribution in [3.05, 3.63) is 23.8 Å². The van der Waals surface area contributed by atoms with Gasteiger partial charge in [-0.2, -0.15) is 0 Å². The van der Waals surface area contributed by atoms with Gasteiger partial charge in [-0.25, -0.2) is 0 Å². The molecule has 5 heteroatoms. The van der Waals surface area contributed by atoms with E-state index in [-0.39, 0.29) is 17.3 Å². The summed E-state index contributed by atoms with van der Waals surface area (Å²) >= 11 is 0. The number of phenolic OH excluding ortho intramolecular Hbond substituents is 1. The highest BCUT2D eigenvalue weighted by Crippen LogP contribution is 2.29. The Morgan fingerprint density at radius 1 is 1.47 bits per heavy atom. The molecular weight excluding hydrogens is 196 g/mol. The normalized spacial score (nSPS) is 9.93. The molecule has 0 atom stereocenters. The molecule has 0 fully saturated rings. The number of rotatable bonds is 5. The third-order valence-electron chi connectivity index (χ3n) is 1.82. The van der Waals surface area contributed by atoms with Crippen LogP contribution in [0.3, 0.4) is 0 Å². The van der Waals surface area contributed by atoms with Gasteiger partial charge in [-0.1, -0.05) is 6.07 Å². The molecule has 5 nitrogen and oxygen atoms in total. The minimum Gasteiger partial charge on any atom is -0.504 e. The highest BCUT2D eigenvalue weighted by atomic mass is 16.5. The first-order valence-corrected chi connectivity index (χ1v) is 4.45. The SMILES string of the molecule is COCCOc1c(O)cccc1C(=N)N. The number of amidine groups is 1. The Bertz CT molecular complexity index is 353. The van der Waals surface area contributed by atoms with E-state index in [2.05, 4.69) is 0 Å². The smallest absolute Gasteiger partial charge is 0.171 e. The zero-order valence-electron chi connectivity index (χ0n) is 8.49. The molecule has 0 aliphatic carbocycles. The standard InChI is InChI=1S/C10H14N2O3/c1-14-5-6-15-9-7(10(11)12)3-2-4-8(9)13/h2-4,13H,5-6H2,1H3,(H3,11,12). The molecule has 0 radical (unpaired) electrons. The van der Waals surface area contributed by atoms with Crippen LogP contribution in [-0.2, 0) is 4.74 Å². The van der Waals surface area contributed by atoms with E-state index < -0.39 is 0 Å². The number of hydrogen-bond acceptors (Lipinski definition) is 4. The van der Waals surface area contributed by atoms with E-state index in [1.807, 2.05) is 0 Å². The van der Waals surface area contributed by atoms with Gasteiger partial charge in [0.25, 0.3) is 0 Å². The molecule has 0 bridgehead atoms. The first kappa shape index (κ1) is 11.3. The molecular formula is C10H14N2O3. The molecule has 0 unspecified atom stereocenters. The summed E-state index contributed by atoms with van der Waals surface area (Å²) < 4.78 is 10.1. The van der Waals surface area contributed by atoms with E-state index in [0.29, 0.717) is 18.8 Å². The molecule has 82 valence electrons. The second kappa shape index (κ2) is 5.21. The molecule has 0 aromatic heterocycles. The third-order valence-corrected chi connectivity index (χ3v) is 1.82. The van der Waals surface area contributed by atoms with Crippen LogP contribution in [0, 0.1) is 5.41 Å². The van der Waals surface area contributed by atoms with Crippen LogP contribution in [0.1, 0.15) is 5.56 Å². The Labute approximate surface area is 87.9 Å². The molecule has 0 heterocycles. The van der Waals surface area contributed by atoms with Gasteiger partial charge in [-0.15, -0.1) is 0 Å². The van der Waals surface area contributed by atoms with Crippen molar-refractivity contribution in [2.24, 2.45) is 5.73 Å². The quantitative estimate of drug-likeness (QED) is 0.379. The lowest BCUT2D eigenvalue weighted by Crippen LogP contribution is -2.14. The molecule has 0 saturated heterocycles. The van der Waals surface area contributed by atoms with Crippen LogP contribution in [-0.4, -0.2) is 31.3 Å². The molecule has 0 amide bonds. The summed E-state index contributed by atoms with van der Waals surface area (Å²) in [6.45, 7) is 0.708. The van der Waals surface area contributed by atoms with Crippen LogP contribution in [0.25, 0.3) is 0 Å². The fourth-order valence-electron chi connectivity index (χ4n) is 1.12. The largest absolute Gasteiger partial charge is 0.504 e. The summed E-state index contributed by atoms with van der Waals surface area (Å²) in [6.07, 6.45) is 0. The van der Waals surface area contributed by atoms with Crippen LogP contribution in [0.2, 0.25) is 0 Å². The van der Waals surface area contributed by atoms with Gasteiger partial charge in [-0.05, 0) is 12.1 Å². The number of ether oxygens (including phenoxy) is 2. The van der Waals surface area contributed by atoms with Gasteiger partial charge in [0.2, 0.25) is 0 Å². The number of para-hydroxylation sites is 1. The lowest BCUT2D eigenvalue weighted by Gasteiger charge is -2.11. The van der Waals surface area contributed by atoms with Gasteiger partial charge in [0.15, 0.2) is 11.5 Å². The average Bonchev–Trinajstić information content (AvgIpc) is 2.20. The van der Waals surface area contributed by atoms with Crippen LogP contribution in [0.15, 0.2) is 18.2 Å². The van der Waals surface area contributed by atoms with Crippen molar-refractivity contribution in [3.63, 3.8) is 0 Å². The number of benzene rings is 1. The maximum atomic E-state index is 9.52. The van der Waals surface area contributed by atoms with Crippen molar-refractivity contribution < 1.29 is 14.6 Å². The number of nitrogens with two attached hydrogens (primary N) is 1. The third kappa shape index (κ3) is 2.85. The average molecular weight is 210 g/mol. The number of aromatic hydroxyl groups is 1. The molecule has 1 aromatic rings. The first-order chi connectivity index (χ1) is 7.16. The summed E-state index contributed by atoms with van der Waals surface area (Å²) in [5.74, 6) is 0.0548. The highest BCUT2D eigenvalue weighted by Gasteiger charge is 2.10. The molecule has 0 saturated carbocycles. The second-order valence-electron chi connectivity index (χ2n) is 2.91. The lowest BCUT2D eigenvalue weighted by molar-refractivity contribution is 0.144. The van der Waals surface area contributed by atoms with E-state index in [4.69, 9.17) is 20.6 Å². The van der Waals surface area contributed by atoms with E-state index in [0.717, 1.165) is 0 Å². The van der Waals surface area contributed by atoms with Crippen molar-refractivity contribution in [1.29, 1.82) is 5.41 Å². The molecule has 0 aliphatic heterocycles. The van der Waals surface area contributed by atoms with Gasteiger partial charge >= 0.3 is 0 Å². The maximum Gasteiger partial charge on any atom is 0.171 e. The minimum atomic E-state index is -0.140. The highest BCUT2D eigenvalue weighted by molar-refractivity contribution is 5.98. The second-order valence-corrected chi connectivity index (χ2v) is 2.91. The van der Waals surface area contributed by atoms with Gasteiger partial charge in [0.05, 0.1) is 12.2 Å². The van der Waals surface area contributed by atoms with Crippen LogP contribution in [0.4, 0.5) is 0 Å². The van der Waals surface area contributed by atoms with Gasteiger partial charge in [0, 0.05) is 7.11 Å². The Balaban J connectivity index is 2.87. The van der Waals surface area contributed by atoms with Crippen LogP contribution < -0.4 is 10.5 Å². The topological polar surface area (TPSA) is 88.6 Å². The molecule has 15 heavy (non-hydrogen) atoms. The fourth-order valence-corrected chi connectivity index (χ4v) is 1.12.